The fourth-order valence-corrected chi connectivity index (χ4v) is 1.55. The van der Waals surface area contributed by atoms with Crippen LogP contribution in [0.2, 0.25) is 0 Å². The van der Waals surface area contributed by atoms with E-state index >= 15 is 0 Å². The van der Waals surface area contributed by atoms with Crippen molar-refractivity contribution in [1.29, 1.82) is 0 Å². The average Bonchev–Trinajstić information content (AvgIpc) is 2.16. The van der Waals surface area contributed by atoms with Crippen LogP contribution in [0.5, 0.6) is 0 Å². The lowest BCUT2D eigenvalue weighted by Gasteiger charge is -2.13. The van der Waals surface area contributed by atoms with Crippen LogP contribution in [0, 0.1) is 6.92 Å². The van der Waals surface area contributed by atoms with Gasteiger partial charge in [-0.1, -0.05) is 19.1 Å². The van der Waals surface area contributed by atoms with Crippen LogP contribution in [0.1, 0.15) is 34.3 Å². The van der Waals surface area contributed by atoms with Crippen molar-refractivity contribution >= 4 is 5.91 Å². The van der Waals surface area contributed by atoms with Gasteiger partial charge in [0.15, 0.2) is 0 Å². The number of carbonyl (C=O) groups is 1. The lowest BCUT2D eigenvalue weighted by Crippen LogP contribution is -2.14. The Labute approximate surface area is 83.6 Å². The van der Waals surface area contributed by atoms with E-state index in [0.29, 0.717) is 5.56 Å². The molecular weight excluding hydrogens is 178 g/mol. The van der Waals surface area contributed by atoms with Crippen molar-refractivity contribution in [3.8, 4) is 0 Å². The zero-order valence-corrected chi connectivity index (χ0v) is 8.45. The molecule has 1 atom stereocenters. The zero-order valence-electron chi connectivity index (χ0n) is 8.45. The summed E-state index contributed by atoms with van der Waals surface area (Å²) in [6.07, 6.45) is 0. The van der Waals surface area contributed by atoms with Gasteiger partial charge in [-0.15, -0.1) is 0 Å². The minimum Gasteiger partial charge on any atom is -0.396 e. The Hall–Kier alpha value is -1.35. The Morgan fingerprint density at radius 1 is 1.57 bits per heavy atom. The monoisotopic (exact) mass is 193 g/mol. The van der Waals surface area contributed by atoms with Gasteiger partial charge in [-0.2, -0.15) is 0 Å². The van der Waals surface area contributed by atoms with Crippen molar-refractivity contribution in [3.63, 3.8) is 0 Å². The molecule has 0 aliphatic rings. The highest BCUT2D eigenvalue weighted by Gasteiger charge is 2.12. The zero-order chi connectivity index (χ0) is 10.7. The second kappa shape index (κ2) is 4.24. The molecule has 0 unspecified atom stereocenters. The number of amides is 1. The number of hydrogen-bond acceptors (Lipinski definition) is 2. The lowest BCUT2D eigenvalue weighted by atomic mass is 9.93. The molecule has 0 saturated carbocycles. The lowest BCUT2D eigenvalue weighted by molar-refractivity contribution is 0.0999. The molecule has 0 saturated heterocycles. The first-order valence-electron chi connectivity index (χ1n) is 4.58. The van der Waals surface area contributed by atoms with E-state index in [2.05, 4.69) is 0 Å². The third-order valence-corrected chi connectivity index (χ3v) is 2.45. The summed E-state index contributed by atoms with van der Waals surface area (Å²) in [7, 11) is 0. The summed E-state index contributed by atoms with van der Waals surface area (Å²) in [5.41, 5.74) is 7.59. The van der Waals surface area contributed by atoms with Crippen LogP contribution in [0.3, 0.4) is 0 Å². The maximum Gasteiger partial charge on any atom is 0.248 e. The molecule has 3 nitrogen and oxygen atoms in total. The minimum absolute atomic E-state index is 0.0364. The van der Waals surface area contributed by atoms with E-state index < -0.39 is 5.91 Å². The average molecular weight is 193 g/mol. The standard InChI is InChI=1S/C11H15NO2/c1-7(6-13)9-4-3-5-10(8(9)2)11(12)14/h3-5,7,13H,6H2,1-2H3,(H2,12,14)/t7-/m0/s1. The number of primary amides is 1. The van der Waals surface area contributed by atoms with Crippen LogP contribution < -0.4 is 5.73 Å². The maximum atomic E-state index is 11.0. The van der Waals surface area contributed by atoms with E-state index in [1.165, 1.54) is 0 Å². The second-order valence-electron chi connectivity index (χ2n) is 3.47. The summed E-state index contributed by atoms with van der Waals surface area (Å²) >= 11 is 0. The molecule has 0 spiro atoms. The van der Waals surface area contributed by atoms with Crippen molar-refractivity contribution < 1.29 is 9.90 Å². The van der Waals surface area contributed by atoms with Crippen LogP contribution in [-0.4, -0.2) is 17.6 Å². The van der Waals surface area contributed by atoms with E-state index in [4.69, 9.17) is 10.8 Å². The third kappa shape index (κ3) is 1.93. The summed E-state index contributed by atoms with van der Waals surface area (Å²) in [6, 6.07) is 5.39. The van der Waals surface area contributed by atoms with Gasteiger partial charge in [0.05, 0.1) is 0 Å². The van der Waals surface area contributed by atoms with E-state index in [1.54, 1.807) is 12.1 Å². The molecule has 3 N–H and O–H groups in total. The largest absolute Gasteiger partial charge is 0.396 e. The summed E-state index contributed by atoms with van der Waals surface area (Å²) in [5, 5.41) is 9.03. The van der Waals surface area contributed by atoms with Gasteiger partial charge >= 0.3 is 0 Å². The molecule has 76 valence electrons. The summed E-state index contributed by atoms with van der Waals surface area (Å²) in [4.78, 5) is 11.0. The predicted molar refractivity (Wildman–Crippen MR) is 55.2 cm³/mol. The highest BCUT2D eigenvalue weighted by molar-refractivity contribution is 5.94. The summed E-state index contributed by atoms with van der Waals surface area (Å²) in [5.74, 6) is -0.385. The quantitative estimate of drug-likeness (QED) is 0.757. The number of rotatable bonds is 3. The first-order valence-corrected chi connectivity index (χ1v) is 4.58. The van der Waals surface area contributed by atoms with Gasteiger partial charge in [0.25, 0.3) is 0 Å². The number of hydrogen-bond donors (Lipinski definition) is 2. The van der Waals surface area contributed by atoms with Crippen molar-refractivity contribution in [2.45, 2.75) is 19.8 Å². The number of aliphatic hydroxyl groups excluding tert-OH is 1. The van der Waals surface area contributed by atoms with E-state index in [1.807, 2.05) is 19.9 Å². The number of aliphatic hydroxyl groups is 1. The molecule has 3 heteroatoms. The molecule has 1 amide bonds. The van der Waals surface area contributed by atoms with Crippen molar-refractivity contribution in [1.82, 2.24) is 0 Å². The van der Waals surface area contributed by atoms with Crippen molar-refractivity contribution in [3.05, 3.63) is 34.9 Å². The van der Waals surface area contributed by atoms with E-state index in [0.717, 1.165) is 11.1 Å². The van der Waals surface area contributed by atoms with Gasteiger partial charge in [-0.25, -0.2) is 0 Å². The predicted octanol–water partition coefficient (Wildman–Crippen LogP) is 1.19. The minimum atomic E-state index is -0.422. The molecular formula is C11H15NO2. The molecule has 0 fully saturated rings. The molecule has 0 radical (unpaired) electrons. The molecule has 14 heavy (non-hydrogen) atoms. The molecule has 0 aromatic heterocycles. The van der Waals surface area contributed by atoms with Crippen molar-refractivity contribution in [2.24, 2.45) is 5.73 Å². The molecule has 1 rings (SSSR count). The van der Waals surface area contributed by atoms with Gasteiger partial charge in [0.2, 0.25) is 5.91 Å². The third-order valence-electron chi connectivity index (χ3n) is 2.45. The highest BCUT2D eigenvalue weighted by Crippen LogP contribution is 2.21. The molecule has 0 heterocycles. The number of nitrogens with two attached hydrogens (primary N) is 1. The van der Waals surface area contributed by atoms with Gasteiger partial charge in [0.1, 0.15) is 0 Å². The topological polar surface area (TPSA) is 63.3 Å². The molecule has 0 aliphatic carbocycles. The number of carbonyl (C=O) groups excluding carboxylic acids is 1. The fraction of sp³-hybridized carbons (Fsp3) is 0.364. The molecule has 0 bridgehead atoms. The van der Waals surface area contributed by atoms with Crippen LogP contribution in [0.4, 0.5) is 0 Å². The summed E-state index contributed by atoms with van der Waals surface area (Å²) < 4.78 is 0. The van der Waals surface area contributed by atoms with Crippen LogP contribution >= 0.6 is 0 Å². The Morgan fingerprint density at radius 2 is 2.21 bits per heavy atom. The van der Waals surface area contributed by atoms with Crippen molar-refractivity contribution in [2.75, 3.05) is 6.61 Å². The van der Waals surface area contributed by atoms with Crippen LogP contribution in [0.15, 0.2) is 18.2 Å². The summed E-state index contributed by atoms with van der Waals surface area (Å²) in [6.45, 7) is 3.83. The Kier molecular flexibility index (Phi) is 3.25. The maximum absolute atomic E-state index is 11.0. The van der Waals surface area contributed by atoms with E-state index in [9.17, 15) is 4.79 Å². The molecule has 0 aliphatic heterocycles. The Morgan fingerprint density at radius 3 is 2.71 bits per heavy atom. The highest BCUT2D eigenvalue weighted by atomic mass is 16.3. The van der Waals surface area contributed by atoms with Crippen LogP contribution in [0.25, 0.3) is 0 Å². The van der Waals surface area contributed by atoms with Gasteiger partial charge < -0.3 is 10.8 Å². The normalized spacial score (nSPS) is 12.5. The van der Waals surface area contributed by atoms with Gasteiger partial charge in [0, 0.05) is 18.1 Å². The number of benzene rings is 1. The van der Waals surface area contributed by atoms with Gasteiger partial charge in [-0.05, 0) is 24.1 Å². The first kappa shape index (κ1) is 10.7. The van der Waals surface area contributed by atoms with Crippen LogP contribution in [-0.2, 0) is 0 Å². The van der Waals surface area contributed by atoms with Gasteiger partial charge in [-0.3, -0.25) is 4.79 Å². The molecule has 1 aromatic rings. The SMILES string of the molecule is Cc1c(C(N)=O)cccc1[C@@H](C)CO. The Balaban J connectivity index is 3.20. The Bertz CT molecular complexity index is 347. The molecule has 1 aromatic carbocycles. The van der Waals surface area contributed by atoms with E-state index in [-0.39, 0.29) is 12.5 Å². The fourth-order valence-electron chi connectivity index (χ4n) is 1.55. The smallest absolute Gasteiger partial charge is 0.248 e. The second-order valence-corrected chi connectivity index (χ2v) is 3.47. The first-order chi connectivity index (χ1) is 6.57.